The summed E-state index contributed by atoms with van der Waals surface area (Å²) in [6.07, 6.45) is 0.781. The zero-order valence-corrected chi connectivity index (χ0v) is 11.6. The quantitative estimate of drug-likeness (QED) is 0.932. The van der Waals surface area contributed by atoms with Crippen molar-refractivity contribution >= 4 is 22.9 Å². The first-order chi connectivity index (χ1) is 9.24. The summed E-state index contributed by atoms with van der Waals surface area (Å²) in [5.74, 6) is 0.155. The SMILES string of the molecule is CN(Cc1ccsc1)C(=O)C1Cc2ccccc2N1. The minimum atomic E-state index is -0.124. The zero-order chi connectivity index (χ0) is 13.2. The Kier molecular flexibility index (Phi) is 3.25. The maximum Gasteiger partial charge on any atom is 0.245 e. The van der Waals surface area contributed by atoms with Gasteiger partial charge in [-0.15, -0.1) is 0 Å². The predicted octanol–water partition coefficient (Wildman–Crippen LogP) is 2.74. The largest absolute Gasteiger partial charge is 0.373 e. The van der Waals surface area contributed by atoms with E-state index >= 15 is 0 Å². The minimum absolute atomic E-state index is 0.124. The molecule has 1 atom stereocenters. The Hall–Kier alpha value is -1.81. The molecular weight excluding hydrogens is 256 g/mol. The van der Waals surface area contributed by atoms with Crippen molar-refractivity contribution in [2.24, 2.45) is 0 Å². The maximum atomic E-state index is 12.4. The molecular formula is C15H16N2OS. The fourth-order valence-corrected chi connectivity index (χ4v) is 3.11. The predicted molar refractivity (Wildman–Crippen MR) is 78.3 cm³/mol. The summed E-state index contributed by atoms with van der Waals surface area (Å²) in [5, 5.41) is 7.43. The summed E-state index contributed by atoms with van der Waals surface area (Å²) < 4.78 is 0. The number of thiophene rings is 1. The van der Waals surface area contributed by atoms with Crippen LogP contribution in [0.15, 0.2) is 41.1 Å². The zero-order valence-electron chi connectivity index (χ0n) is 10.8. The standard InChI is InChI=1S/C15H16N2OS/c1-17(9-11-6-7-19-10-11)15(18)14-8-12-4-2-3-5-13(12)16-14/h2-7,10,14,16H,8-9H2,1H3. The maximum absolute atomic E-state index is 12.4. The third kappa shape index (κ3) is 2.49. The summed E-state index contributed by atoms with van der Waals surface area (Å²) in [6, 6.07) is 10.1. The van der Waals surface area contributed by atoms with Gasteiger partial charge in [0.25, 0.3) is 0 Å². The van der Waals surface area contributed by atoms with Crippen LogP contribution in [0.25, 0.3) is 0 Å². The Morgan fingerprint density at radius 3 is 3.00 bits per heavy atom. The van der Waals surface area contributed by atoms with Gasteiger partial charge in [-0.2, -0.15) is 11.3 Å². The van der Waals surface area contributed by atoms with Crippen LogP contribution < -0.4 is 5.32 Å². The summed E-state index contributed by atoms with van der Waals surface area (Å²) in [5.41, 5.74) is 3.51. The molecule has 0 saturated carbocycles. The van der Waals surface area contributed by atoms with Crippen molar-refractivity contribution in [1.82, 2.24) is 4.90 Å². The topological polar surface area (TPSA) is 32.3 Å². The van der Waals surface area contributed by atoms with E-state index in [9.17, 15) is 4.79 Å². The molecule has 1 aliphatic heterocycles. The number of carbonyl (C=O) groups excluding carboxylic acids is 1. The lowest BCUT2D eigenvalue weighted by Gasteiger charge is -2.21. The van der Waals surface area contributed by atoms with E-state index in [-0.39, 0.29) is 11.9 Å². The number of carbonyl (C=O) groups is 1. The molecule has 0 fully saturated rings. The number of amides is 1. The number of fused-ring (bicyclic) bond motifs is 1. The second-order valence-corrected chi connectivity index (χ2v) is 5.66. The van der Waals surface area contributed by atoms with Gasteiger partial charge in [0.05, 0.1) is 0 Å². The molecule has 1 unspecified atom stereocenters. The highest BCUT2D eigenvalue weighted by molar-refractivity contribution is 7.07. The Labute approximate surface area is 116 Å². The number of hydrogen-bond acceptors (Lipinski definition) is 3. The molecule has 1 aromatic heterocycles. The normalized spacial score (nSPS) is 16.8. The molecule has 2 heterocycles. The molecule has 1 aliphatic rings. The second kappa shape index (κ2) is 5.05. The summed E-state index contributed by atoms with van der Waals surface area (Å²) in [4.78, 5) is 14.2. The van der Waals surface area contributed by atoms with Gasteiger partial charge in [-0.1, -0.05) is 18.2 Å². The van der Waals surface area contributed by atoms with Crippen LogP contribution >= 0.6 is 11.3 Å². The molecule has 1 aromatic carbocycles. The van der Waals surface area contributed by atoms with Gasteiger partial charge in [-0.05, 0) is 34.0 Å². The van der Waals surface area contributed by atoms with Crippen LogP contribution in [0.4, 0.5) is 5.69 Å². The monoisotopic (exact) mass is 272 g/mol. The van der Waals surface area contributed by atoms with Crippen molar-refractivity contribution in [3.8, 4) is 0 Å². The van der Waals surface area contributed by atoms with Gasteiger partial charge in [0, 0.05) is 25.7 Å². The van der Waals surface area contributed by atoms with Gasteiger partial charge in [0.2, 0.25) is 5.91 Å². The third-order valence-electron chi connectivity index (χ3n) is 3.45. The van der Waals surface area contributed by atoms with Crippen molar-refractivity contribution in [2.45, 2.75) is 19.0 Å². The van der Waals surface area contributed by atoms with Crippen molar-refractivity contribution < 1.29 is 4.79 Å². The third-order valence-corrected chi connectivity index (χ3v) is 4.18. The number of anilines is 1. The lowest BCUT2D eigenvalue weighted by molar-refractivity contribution is -0.131. The van der Waals surface area contributed by atoms with Crippen LogP contribution in [0.1, 0.15) is 11.1 Å². The molecule has 3 rings (SSSR count). The van der Waals surface area contributed by atoms with Crippen LogP contribution in [0.5, 0.6) is 0 Å². The van der Waals surface area contributed by atoms with Gasteiger partial charge in [0.15, 0.2) is 0 Å². The first kappa shape index (κ1) is 12.2. The van der Waals surface area contributed by atoms with Crippen LogP contribution in [0, 0.1) is 0 Å². The van der Waals surface area contributed by atoms with Crippen LogP contribution in [0.2, 0.25) is 0 Å². The Morgan fingerprint density at radius 1 is 1.42 bits per heavy atom. The highest BCUT2D eigenvalue weighted by atomic mass is 32.1. The molecule has 3 nitrogen and oxygen atoms in total. The number of para-hydroxylation sites is 1. The van der Waals surface area contributed by atoms with Crippen LogP contribution in [-0.4, -0.2) is 23.9 Å². The number of hydrogen-bond donors (Lipinski definition) is 1. The van der Waals surface area contributed by atoms with Crippen molar-refractivity contribution in [3.05, 3.63) is 52.2 Å². The fraction of sp³-hybridized carbons (Fsp3) is 0.267. The average molecular weight is 272 g/mol. The van der Waals surface area contributed by atoms with E-state index in [0.29, 0.717) is 6.54 Å². The first-order valence-electron chi connectivity index (χ1n) is 6.34. The second-order valence-electron chi connectivity index (χ2n) is 4.88. The highest BCUT2D eigenvalue weighted by Crippen LogP contribution is 2.26. The molecule has 0 radical (unpaired) electrons. The molecule has 0 bridgehead atoms. The van der Waals surface area contributed by atoms with Crippen LogP contribution in [-0.2, 0) is 17.8 Å². The summed E-state index contributed by atoms with van der Waals surface area (Å²) in [6.45, 7) is 0.677. The Balaban J connectivity index is 1.66. The fourth-order valence-electron chi connectivity index (χ4n) is 2.45. The van der Waals surface area contributed by atoms with E-state index in [1.807, 2.05) is 30.6 Å². The Bertz CT molecular complexity index is 555. The van der Waals surface area contributed by atoms with Gasteiger partial charge < -0.3 is 10.2 Å². The van der Waals surface area contributed by atoms with E-state index in [1.54, 1.807) is 16.2 Å². The molecule has 19 heavy (non-hydrogen) atoms. The first-order valence-corrected chi connectivity index (χ1v) is 7.29. The van der Waals surface area contributed by atoms with Crippen molar-refractivity contribution in [2.75, 3.05) is 12.4 Å². The number of benzene rings is 1. The molecule has 0 saturated heterocycles. The van der Waals surface area contributed by atoms with Crippen molar-refractivity contribution in [1.29, 1.82) is 0 Å². The van der Waals surface area contributed by atoms with E-state index < -0.39 is 0 Å². The molecule has 4 heteroatoms. The molecule has 98 valence electrons. The van der Waals surface area contributed by atoms with E-state index in [2.05, 4.69) is 22.8 Å². The van der Waals surface area contributed by atoms with Gasteiger partial charge in [0.1, 0.15) is 6.04 Å². The van der Waals surface area contributed by atoms with Crippen LogP contribution in [0.3, 0.4) is 0 Å². The van der Waals surface area contributed by atoms with E-state index in [0.717, 1.165) is 12.1 Å². The molecule has 1 amide bonds. The smallest absolute Gasteiger partial charge is 0.245 e. The van der Waals surface area contributed by atoms with Gasteiger partial charge in [-0.3, -0.25) is 4.79 Å². The molecule has 0 spiro atoms. The number of nitrogens with one attached hydrogen (secondary N) is 1. The van der Waals surface area contributed by atoms with E-state index in [4.69, 9.17) is 0 Å². The summed E-state index contributed by atoms with van der Waals surface area (Å²) in [7, 11) is 1.87. The summed E-state index contributed by atoms with van der Waals surface area (Å²) >= 11 is 1.66. The number of likely N-dealkylation sites (N-methyl/N-ethyl adjacent to an activating group) is 1. The van der Waals surface area contributed by atoms with Gasteiger partial charge >= 0.3 is 0 Å². The number of nitrogens with zero attached hydrogens (tertiary/aromatic N) is 1. The van der Waals surface area contributed by atoms with Crippen molar-refractivity contribution in [3.63, 3.8) is 0 Å². The molecule has 0 aliphatic carbocycles. The Morgan fingerprint density at radius 2 is 2.26 bits per heavy atom. The lowest BCUT2D eigenvalue weighted by atomic mass is 10.1. The molecule has 1 N–H and O–H groups in total. The minimum Gasteiger partial charge on any atom is -0.373 e. The number of rotatable bonds is 3. The van der Waals surface area contributed by atoms with E-state index in [1.165, 1.54) is 11.1 Å². The average Bonchev–Trinajstić information content (AvgIpc) is 3.05. The molecule has 2 aromatic rings. The lowest BCUT2D eigenvalue weighted by Crippen LogP contribution is -2.39. The van der Waals surface area contributed by atoms with Gasteiger partial charge in [-0.25, -0.2) is 0 Å². The highest BCUT2D eigenvalue weighted by Gasteiger charge is 2.28.